The van der Waals surface area contributed by atoms with E-state index in [-0.39, 0.29) is 11.6 Å². The Bertz CT molecular complexity index is 944. The number of nitrogens with one attached hydrogen (secondary N) is 1. The second-order valence-electron chi connectivity index (χ2n) is 5.58. The zero-order chi connectivity index (χ0) is 21.1. The molecule has 0 aliphatic rings. The second-order valence-corrected chi connectivity index (χ2v) is 5.58. The van der Waals surface area contributed by atoms with Gasteiger partial charge in [0.25, 0.3) is 11.6 Å². The number of alkyl halides is 3. The number of carbonyl (C=O) groups excluding carboxylic acids is 2. The Morgan fingerprint density at radius 3 is 2.43 bits per heavy atom. The molecule has 1 N–H and O–H groups in total. The van der Waals surface area contributed by atoms with Crippen LogP contribution in [-0.4, -0.2) is 23.4 Å². The minimum atomic E-state index is -4.80. The first-order valence-electron chi connectivity index (χ1n) is 7.58. The molecule has 11 heteroatoms. The fourth-order valence-corrected chi connectivity index (χ4v) is 2.09. The predicted octanol–water partition coefficient (Wildman–Crippen LogP) is 3.86. The number of nitro groups is 1. The lowest BCUT2D eigenvalue weighted by Gasteiger charge is -2.10. The van der Waals surface area contributed by atoms with E-state index in [0.29, 0.717) is 11.6 Å². The molecule has 1 amide bonds. The summed E-state index contributed by atoms with van der Waals surface area (Å²) in [5.74, 6) is -2.70. The first-order chi connectivity index (χ1) is 13.0. The predicted molar refractivity (Wildman–Crippen MR) is 88.1 cm³/mol. The zero-order valence-corrected chi connectivity index (χ0v) is 14.2. The number of esters is 1. The van der Waals surface area contributed by atoms with Crippen molar-refractivity contribution in [3.8, 4) is 0 Å². The molecule has 148 valence electrons. The lowest BCUT2D eigenvalue weighted by atomic mass is 10.1. The Morgan fingerprint density at radius 2 is 1.86 bits per heavy atom. The van der Waals surface area contributed by atoms with Crippen molar-refractivity contribution in [3.63, 3.8) is 0 Å². The number of aryl methyl sites for hydroxylation is 1. The number of anilines is 1. The quantitative estimate of drug-likeness (QED) is 0.356. The minimum Gasteiger partial charge on any atom is -0.452 e. The highest BCUT2D eigenvalue weighted by molar-refractivity contribution is 5.96. The van der Waals surface area contributed by atoms with Gasteiger partial charge in [-0.05, 0) is 36.8 Å². The number of amides is 1. The highest BCUT2D eigenvalue weighted by Crippen LogP contribution is 2.34. The van der Waals surface area contributed by atoms with E-state index in [0.717, 1.165) is 12.1 Å². The maximum absolute atomic E-state index is 13.4. The average Bonchev–Trinajstić information content (AvgIpc) is 2.61. The molecule has 0 spiro atoms. The molecular formula is C17H12F4N2O5. The molecule has 0 saturated heterocycles. The summed E-state index contributed by atoms with van der Waals surface area (Å²) in [6.07, 6.45) is -4.80. The molecule has 7 nitrogen and oxygen atoms in total. The van der Waals surface area contributed by atoms with Crippen LogP contribution in [0, 0.1) is 22.9 Å². The molecule has 0 fully saturated rings. The van der Waals surface area contributed by atoms with Crippen molar-refractivity contribution in [1.29, 1.82) is 0 Å². The van der Waals surface area contributed by atoms with Crippen LogP contribution in [0.1, 0.15) is 21.5 Å². The van der Waals surface area contributed by atoms with E-state index in [2.05, 4.69) is 4.74 Å². The van der Waals surface area contributed by atoms with Gasteiger partial charge in [0.15, 0.2) is 6.61 Å². The number of carbonyl (C=O) groups is 2. The molecule has 0 radical (unpaired) electrons. The van der Waals surface area contributed by atoms with Crippen LogP contribution in [0.5, 0.6) is 0 Å². The Kier molecular flexibility index (Phi) is 5.96. The fraction of sp³-hybridized carbons (Fsp3) is 0.176. The van der Waals surface area contributed by atoms with Gasteiger partial charge in [0.05, 0.1) is 16.1 Å². The summed E-state index contributed by atoms with van der Waals surface area (Å²) in [4.78, 5) is 33.5. The Labute approximate surface area is 155 Å². The van der Waals surface area contributed by atoms with E-state index < -0.39 is 52.3 Å². The van der Waals surface area contributed by atoms with Crippen molar-refractivity contribution in [2.24, 2.45) is 0 Å². The van der Waals surface area contributed by atoms with Crippen LogP contribution in [0.15, 0.2) is 36.4 Å². The number of hydrogen-bond acceptors (Lipinski definition) is 5. The zero-order valence-electron chi connectivity index (χ0n) is 14.2. The molecule has 0 aliphatic heterocycles. The largest absolute Gasteiger partial charge is 0.452 e. The van der Waals surface area contributed by atoms with Crippen LogP contribution in [0.4, 0.5) is 28.9 Å². The van der Waals surface area contributed by atoms with Gasteiger partial charge in [0.1, 0.15) is 11.5 Å². The number of ether oxygens (including phenoxy) is 1. The summed E-state index contributed by atoms with van der Waals surface area (Å²) >= 11 is 0. The normalized spacial score (nSPS) is 11.0. The lowest BCUT2D eigenvalue weighted by Crippen LogP contribution is -2.21. The molecule has 2 aromatic rings. The van der Waals surface area contributed by atoms with Crippen LogP contribution in [0.2, 0.25) is 0 Å². The molecule has 0 aromatic heterocycles. The highest BCUT2D eigenvalue weighted by Gasteiger charge is 2.33. The molecule has 0 unspecified atom stereocenters. The maximum Gasteiger partial charge on any atom is 0.416 e. The van der Waals surface area contributed by atoms with Crippen LogP contribution in [0.3, 0.4) is 0 Å². The van der Waals surface area contributed by atoms with Gasteiger partial charge in [-0.3, -0.25) is 14.9 Å². The van der Waals surface area contributed by atoms with E-state index in [9.17, 15) is 37.3 Å². The summed E-state index contributed by atoms with van der Waals surface area (Å²) in [5, 5.41) is 13.0. The third-order valence-corrected chi connectivity index (χ3v) is 3.54. The number of halogens is 4. The smallest absolute Gasteiger partial charge is 0.416 e. The molecule has 0 atom stereocenters. The molecule has 0 saturated carbocycles. The number of rotatable bonds is 5. The third-order valence-electron chi connectivity index (χ3n) is 3.54. The van der Waals surface area contributed by atoms with Gasteiger partial charge in [-0.1, -0.05) is 6.07 Å². The van der Waals surface area contributed by atoms with Crippen molar-refractivity contribution in [2.75, 3.05) is 11.9 Å². The summed E-state index contributed by atoms with van der Waals surface area (Å²) in [7, 11) is 0. The number of nitro benzene ring substituents is 1. The number of nitrogens with zero attached hydrogens (tertiary/aromatic N) is 1. The molecule has 2 aromatic carbocycles. The topological polar surface area (TPSA) is 98.5 Å². The van der Waals surface area contributed by atoms with Crippen LogP contribution in [0.25, 0.3) is 0 Å². The van der Waals surface area contributed by atoms with Crippen molar-refractivity contribution in [3.05, 3.63) is 69.0 Å². The van der Waals surface area contributed by atoms with Crippen molar-refractivity contribution < 1.29 is 36.8 Å². The van der Waals surface area contributed by atoms with E-state index in [1.54, 1.807) is 0 Å². The Balaban J connectivity index is 2.07. The molecular weight excluding hydrogens is 388 g/mol. The maximum atomic E-state index is 13.4. The van der Waals surface area contributed by atoms with E-state index in [1.165, 1.54) is 19.1 Å². The van der Waals surface area contributed by atoms with Gasteiger partial charge in [-0.25, -0.2) is 9.18 Å². The third kappa shape index (κ3) is 5.02. The minimum absolute atomic E-state index is 0.156. The Hall–Kier alpha value is -3.50. The first kappa shape index (κ1) is 20.8. The Morgan fingerprint density at radius 1 is 1.18 bits per heavy atom. The molecule has 0 heterocycles. The van der Waals surface area contributed by atoms with Gasteiger partial charge >= 0.3 is 12.1 Å². The molecule has 28 heavy (non-hydrogen) atoms. The average molecular weight is 400 g/mol. The van der Waals surface area contributed by atoms with Gasteiger partial charge in [0, 0.05) is 6.07 Å². The van der Waals surface area contributed by atoms with E-state index >= 15 is 0 Å². The van der Waals surface area contributed by atoms with Crippen LogP contribution < -0.4 is 5.32 Å². The fourth-order valence-electron chi connectivity index (χ4n) is 2.09. The van der Waals surface area contributed by atoms with Crippen molar-refractivity contribution >= 4 is 23.3 Å². The SMILES string of the molecule is Cc1ccc(C(=O)OCC(=O)Nc2ccc(C(F)(F)F)cc2[N+](=O)[O-])cc1F. The summed E-state index contributed by atoms with van der Waals surface area (Å²) in [6, 6.07) is 5.07. The van der Waals surface area contributed by atoms with E-state index in [4.69, 9.17) is 0 Å². The number of hydrogen-bond donors (Lipinski definition) is 1. The van der Waals surface area contributed by atoms with Gasteiger partial charge in [-0.15, -0.1) is 0 Å². The summed E-state index contributed by atoms with van der Waals surface area (Å²) in [5.41, 5.74) is -2.60. The van der Waals surface area contributed by atoms with Crippen LogP contribution >= 0.6 is 0 Å². The summed E-state index contributed by atoms with van der Waals surface area (Å²) in [6.45, 7) is 0.599. The molecule has 2 rings (SSSR count). The van der Waals surface area contributed by atoms with Crippen molar-refractivity contribution in [2.45, 2.75) is 13.1 Å². The van der Waals surface area contributed by atoms with Gasteiger partial charge in [-0.2, -0.15) is 13.2 Å². The monoisotopic (exact) mass is 400 g/mol. The number of benzene rings is 2. The van der Waals surface area contributed by atoms with Gasteiger partial charge < -0.3 is 10.1 Å². The second kappa shape index (κ2) is 8.03. The van der Waals surface area contributed by atoms with E-state index in [1.807, 2.05) is 5.32 Å². The highest BCUT2D eigenvalue weighted by atomic mass is 19.4. The molecule has 0 bridgehead atoms. The van der Waals surface area contributed by atoms with Crippen molar-refractivity contribution in [1.82, 2.24) is 0 Å². The molecule has 0 aliphatic carbocycles. The summed E-state index contributed by atoms with van der Waals surface area (Å²) < 4.78 is 56.1. The van der Waals surface area contributed by atoms with Crippen LogP contribution in [-0.2, 0) is 15.7 Å². The lowest BCUT2D eigenvalue weighted by molar-refractivity contribution is -0.384. The van der Waals surface area contributed by atoms with Gasteiger partial charge in [0.2, 0.25) is 0 Å². The standard InChI is InChI=1S/C17H12F4N2O5/c1-9-2-3-10(6-12(9)18)16(25)28-8-15(24)22-13-5-4-11(17(19,20)21)7-14(13)23(26)27/h2-7H,8H2,1H3,(H,22,24). The first-order valence-corrected chi connectivity index (χ1v) is 7.58.